The molecular formula is C23H32N6O8. The molecule has 0 aliphatic rings. The van der Waals surface area contributed by atoms with Crippen molar-refractivity contribution in [2.75, 3.05) is 6.61 Å². The van der Waals surface area contributed by atoms with E-state index in [4.69, 9.17) is 16.6 Å². The third-order valence-corrected chi connectivity index (χ3v) is 5.63. The Balaban J connectivity index is 2.09. The second kappa shape index (κ2) is 13.3. The van der Waals surface area contributed by atoms with Gasteiger partial charge in [-0.3, -0.25) is 19.2 Å². The number of fused-ring (bicyclic) bond motifs is 1. The fourth-order valence-electron chi connectivity index (χ4n) is 3.57. The van der Waals surface area contributed by atoms with Gasteiger partial charge < -0.3 is 47.7 Å². The molecule has 5 atom stereocenters. The van der Waals surface area contributed by atoms with Crippen molar-refractivity contribution in [2.45, 2.75) is 56.5 Å². The highest BCUT2D eigenvalue weighted by molar-refractivity contribution is 5.94. The van der Waals surface area contributed by atoms with E-state index in [0.717, 1.165) is 23.4 Å². The van der Waals surface area contributed by atoms with Crippen molar-refractivity contribution in [1.82, 2.24) is 20.9 Å². The normalized spacial score (nSPS) is 15.1. The summed E-state index contributed by atoms with van der Waals surface area (Å²) in [4.78, 5) is 63.6. The van der Waals surface area contributed by atoms with Gasteiger partial charge in [-0.05, 0) is 31.4 Å². The van der Waals surface area contributed by atoms with E-state index in [2.05, 4.69) is 15.6 Å². The third-order valence-electron chi connectivity index (χ3n) is 5.63. The molecule has 5 unspecified atom stereocenters. The van der Waals surface area contributed by atoms with E-state index in [1.807, 2.05) is 29.6 Å². The van der Waals surface area contributed by atoms with E-state index in [9.17, 15) is 34.2 Å². The van der Waals surface area contributed by atoms with E-state index < -0.39 is 66.5 Å². The highest BCUT2D eigenvalue weighted by atomic mass is 16.4. The minimum atomic E-state index is -1.69. The lowest BCUT2D eigenvalue weighted by atomic mass is 10.0. The molecule has 1 heterocycles. The molecule has 202 valence electrons. The number of H-pyrrole nitrogens is 1. The molecular weight excluding hydrogens is 488 g/mol. The second-order valence-corrected chi connectivity index (χ2v) is 8.55. The van der Waals surface area contributed by atoms with Crippen molar-refractivity contribution in [1.29, 1.82) is 0 Å². The van der Waals surface area contributed by atoms with Gasteiger partial charge in [0.1, 0.15) is 12.1 Å². The number of carboxylic acid groups (broad SMARTS) is 1. The van der Waals surface area contributed by atoms with Crippen LogP contribution in [0.3, 0.4) is 0 Å². The number of para-hydroxylation sites is 1. The molecule has 2 rings (SSSR count). The number of carboxylic acids is 1. The molecule has 4 amide bonds. The molecule has 14 heteroatoms. The smallest absolute Gasteiger partial charge is 0.328 e. The quantitative estimate of drug-likeness (QED) is 0.125. The first-order valence-corrected chi connectivity index (χ1v) is 11.5. The zero-order valence-corrected chi connectivity index (χ0v) is 20.1. The van der Waals surface area contributed by atoms with Gasteiger partial charge >= 0.3 is 5.97 Å². The largest absolute Gasteiger partial charge is 0.480 e. The molecule has 0 saturated heterocycles. The summed E-state index contributed by atoms with van der Waals surface area (Å²) in [5, 5.41) is 35.7. The molecule has 0 saturated carbocycles. The Morgan fingerprint density at radius 1 is 1.00 bits per heavy atom. The summed E-state index contributed by atoms with van der Waals surface area (Å²) in [6.45, 7) is 0.223. The predicted octanol–water partition coefficient (Wildman–Crippen LogP) is -2.78. The number of nitrogens with one attached hydrogen (secondary N) is 4. The van der Waals surface area contributed by atoms with Gasteiger partial charge in [0.15, 0.2) is 6.04 Å². The van der Waals surface area contributed by atoms with E-state index in [-0.39, 0.29) is 19.3 Å². The predicted molar refractivity (Wildman–Crippen MR) is 131 cm³/mol. The van der Waals surface area contributed by atoms with Crippen LogP contribution in [-0.2, 0) is 30.4 Å². The van der Waals surface area contributed by atoms with E-state index in [1.54, 1.807) is 6.20 Å². The van der Waals surface area contributed by atoms with Gasteiger partial charge in [0.2, 0.25) is 23.6 Å². The summed E-state index contributed by atoms with van der Waals surface area (Å²) in [6.07, 6.45) is -0.111. The number of aromatic nitrogens is 1. The van der Waals surface area contributed by atoms with Crippen molar-refractivity contribution < 1.29 is 39.3 Å². The van der Waals surface area contributed by atoms with Gasteiger partial charge in [-0.2, -0.15) is 0 Å². The van der Waals surface area contributed by atoms with Crippen LogP contribution in [0.5, 0.6) is 0 Å². The van der Waals surface area contributed by atoms with Gasteiger partial charge in [-0.25, -0.2) is 4.79 Å². The number of aliphatic hydroxyl groups excluding tert-OH is 2. The van der Waals surface area contributed by atoms with E-state index >= 15 is 0 Å². The molecule has 0 spiro atoms. The summed E-state index contributed by atoms with van der Waals surface area (Å²) in [5.74, 6) is -5.00. The first kappa shape index (κ1) is 29.2. The SMILES string of the molecule is CC(O)C(NC(=O)C(CO)NC(=O)C(CCC(N)=O)NC(=O)C(N)Cc1c[nH]c2ccccc12)C(=O)O. The van der Waals surface area contributed by atoms with Crippen LogP contribution in [0.2, 0.25) is 0 Å². The molecule has 0 bridgehead atoms. The van der Waals surface area contributed by atoms with E-state index in [1.165, 1.54) is 0 Å². The number of carbonyl (C=O) groups is 5. The zero-order chi connectivity index (χ0) is 27.7. The first-order chi connectivity index (χ1) is 17.4. The molecule has 11 N–H and O–H groups in total. The van der Waals surface area contributed by atoms with Gasteiger partial charge in [0.05, 0.1) is 18.8 Å². The maximum absolute atomic E-state index is 12.9. The Hall–Kier alpha value is -4.01. The lowest BCUT2D eigenvalue weighted by Gasteiger charge is -2.24. The lowest BCUT2D eigenvalue weighted by Crippen LogP contribution is -2.59. The van der Waals surface area contributed by atoms with Gasteiger partial charge in [0.25, 0.3) is 0 Å². The molecule has 1 aromatic carbocycles. The summed E-state index contributed by atoms with van der Waals surface area (Å²) in [6, 6.07) is 1.70. The van der Waals surface area contributed by atoms with Crippen LogP contribution in [0, 0.1) is 0 Å². The van der Waals surface area contributed by atoms with Crippen LogP contribution in [0.15, 0.2) is 30.5 Å². The Morgan fingerprint density at radius 3 is 2.22 bits per heavy atom. The average molecular weight is 521 g/mol. The van der Waals surface area contributed by atoms with Crippen LogP contribution in [0.25, 0.3) is 10.9 Å². The molecule has 2 aromatic rings. The number of primary amides is 1. The summed E-state index contributed by atoms with van der Waals surface area (Å²) in [7, 11) is 0. The highest BCUT2D eigenvalue weighted by Crippen LogP contribution is 2.18. The van der Waals surface area contributed by atoms with Crippen molar-refractivity contribution in [2.24, 2.45) is 11.5 Å². The molecule has 0 radical (unpaired) electrons. The maximum Gasteiger partial charge on any atom is 0.328 e. The van der Waals surface area contributed by atoms with Crippen molar-refractivity contribution >= 4 is 40.5 Å². The number of nitrogens with two attached hydrogens (primary N) is 2. The molecule has 0 aliphatic carbocycles. The molecule has 0 fully saturated rings. The number of aliphatic carboxylic acids is 1. The van der Waals surface area contributed by atoms with Crippen LogP contribution in [-0.4, -0.2) is 86.8 Å². The zero-order valence-electron chi connectivity index (χ0n) is 20.1. The van der Waals surface area contributed by atoms with Crippen LogP contribution in [0.1, 0.15) is 25.3 Å². The second-order valence-electron chi connectivity index (χ2n) is 8.55. The van der Waals surface area contributed by atoms with Crippen molar-refractivity contribution in [3.05, 3.63) is 36.0 Å². The Labute approximate surface area is 211 Å². The van der Waals surface area contributed by atoms with Crippen LogP contribution in [0.4, 0.5) is 0 Å². The van der Waals surface area contributed by atoms with E-state index in [0.29, 0.717) is 0 Å². The number of hydrogen-bond acceptors (Lipinski definition) is 8. The molecule has 14 nitrogen and oxygen atoms in total. The van der Waals surface area contributed by atoms with Crippen LogP contribution >= 0.6 is 0 Å². The lowest BCUT2D eigenvalue weighted by molar-refractivity contribution is -0.145. The Kier molecular flexibility index (Phi) is 10.5. The number of aromatic amines is 1. The van der Waals surface area contributed by atoms with Gasteiger partial charge in [0, 0.05) is 23.5 Å². The number of rotatable bonds is 14. The number of carbonyl (C=O) groups excluding carboxylic acids is 4. The third kappa shape index (κ3) is 8.27. The summed E-state index contributed by atoms with van der Waals surface area (Å²) >= 11 is 0. The number of amides is 4. The standard InChI is InChI=1S/C23H32N6O8/c1-11(31)19(23(36)37)29-22(35)17(10-30)28-21(34)16(6-7-18(25)32)27-20(33)14(24)8-12-9-26-15-5-3-2-4-13(12)15/h2-5,9,11,14,16-17,19,26,30-31H,6-8,10,24H2,1H3,(H2,25,32)(H,27,33)(H,28,34)(H,29,35)(H,36,37). The first-order valence-electron chi connectivity index (χ1n) is 11.5. The Bertz CT molecular complexity index is 1130. The fraction of sp³-hybridized carbons (Fsp3) is 0.435. The fourth-order valence-corrected chi connectivity index (χ4v) is 3.57. The topological polar surface area (TPSA) is 250 Å². The monoisotopic (exact) mass is 520 g/mol. The minimum Gasteiger partial charge on any atom is -0.480 e. The number of benzene rings is 1. The van der Waals surface area contributed by atoms with Crippen molar-refractivity contribution in [3.63, 3.8) is 0 Å². The van der Waals surface area contributed by atoms with Crippen molar-refractivity contribution in [3.8, 4) is 0 Å². The van der Waals surface area contributed by atoms with Crippen LogP contribution < -0.4 is 27.4 Å². The molecule has 1 aromatic heterocycles. The summed E-state index contributed by atoms with van der Waals surface area (Å²) in [5.41, 5.74) is 12.9. The highest BCUT2D eigenvalue weighted by Gasteiger charge is 2.31. The molecule has 37 heavy (non-hydrogen) atoms. The average Bonchev–Trinajstić information content (AvgIpc) is 3.25. The summed E-state index contributed by atoms with van der Waals surface area (Å²) < 4.78 is 0. The molecule has 0 aliphatic heterocycles. The Morgan fingerprint density at radius 2 is 1.62 bits per heavy atom. The maximum atomic E-state index is 12.9. The minimum absolute atomic E-state index is 0.137. The number of hydrogen-bond donors (Lipinski definition) is 9. The van der Waals surface area contributed by atoms with Gasteiger partial charge in [-0.1, -0.05) is 18.2 Å². The van der Waals surface area contributed by atoms with Gasteiger partial charge in [-0.15, -0.1) is 0 Å². The number of aliphatic hydroxyl groups is 2.